The Hall–Kier alpha value is -3.48. The van der Waals surface area contributed by atoms with Crippen LogP contribution in [0, 0.1) is 5.82 Å². The average Bonchev–Trinajstić information content (AvgIpc) is 3.14. The summed E-state index contributed by atoms with van der Waals surface area (Å²) in [6.45, 7) is 4.14. The number of carboxylic acids is 1. The maximum absolute atomic E-state index is 13.6. The molecule has 0 aliphatic rings. The van der Waals surface area contributed by atoms with Crippen molar-refractivity contribution < 1.29 is 18.7 Å². The first kappa shape index (κ1) is 18.9. The number of nitrogens with zero attached hydrogens (tertiary/aromatic N) is 3. The number of benzene rings is 2. The van der Waals surface area contributed by atoms with Crippen molar-refractivity contribution in [1.82, 2.24) is 9.97 Å². The van der Waals surface area contributed by atoms with E-state index in [1.54, 1.807) is 18.2 Å². The lowest BCUT2D eigenvalue weighted by atomic mass is 10.1. The van der Waals surface area contributed by atoms with E-state index in [2.05, 4.69) is 13.8 Å². The standard InChI is InChI=1S/C22H20FN3O3/c1-4-12(2)26(3)21-20(19-11-14-9-15(23)6-8-18(14)29-19)24-16-7-5-13(22(27)28)10-17(16)25-21/h5-12H,4H2,1-3H3,(H,27,28). The van der Waals surface area contributed by atoms with Crippen molar-refractivity contribution in [3.8, 4) is 11.5 Å². The van der Waals surface area contributed by atoms with Gasteiger partial charge in [-0.2, -0.15) is 0 Å². The summed E-state index contributed by atoms with van der Waals surface area (Å²) in [4.78, 5) is 22.8. The summed E-state index contributed by atoms with van der Waals surface area (Å²) in [5.41, 5.74) is 2.27. The molecule has 6 nitrogen and oxygen atoms in total. The van der Waals surface area contributed by atoms with E-state index in [1.807, 2.05) is 11.9 Å². The van der Waals surface area contributed by atoms with E-state index in [1.165, 1.54) is 24.3 Å². The second-order valence-electron chi connectivity index (χ2n) is 7.07. The zero-order valence-electron chi connectivity index (χ0n) is 16.3. The molecule has 1 atom stereocenters. The summed E-state index contributed by atoms with van der Waals surface area (Å²) in [7, 11) is 1.91. The second-order valence-corrected chi connectivity index (χ2v) is 7.07. The molecule has 1 unspecified atom stereocenters. The van der Waals surface area contributed by atoms with Gasteiger partial charge in [0, 0.05) is 18.5 Å². The van der Waals surface area contributed by atoms with Crippen LogP contribution in [-0.4, -0.2) is 34.1 Å². The summed E-state index contributed by atoms with van der Waals surface area (Å²) in [5, 5.41) is 9.92. The van der Waals surface area contributed by atoms with Gasteiger partial charge in [-0.1, -0.05) is 6.92 Å². The van der Waals surface area contributed by atoms with Gasteiger partial charge in [-0.25, -0.2) is 19.2 Å². The molecule has 2 aromatic carbocycles. The molecule has 0 spiro atoms. The quantitative estimate of drug-likeness (QED) is 0.507. The minimum absolute atomic E-state index is 0.149. The first-order valence-corrected chi connectivity index (χ1v) is 9.34. The van der Waals surface area contributed by atoms with Crippen molar-refractivity contribution >= 4 is 33.8 Å². The minimum Gasteiger partial charge on any atom is -0.478 e. The Balaban J connectivity index is 1.96. The molecule has 4 aromatic rings. The Labute approximate surface area is 166 Å². The van der Waals surface area contributed by atoms with Crippen LogP contribution in [0.2, 0.25) is 0 Å². The molecule has 0 saturated heterocycles. The van der Waals surface area contributed by atoms with Crippen LogP contribution in [0.1, 0.15) is 30.6 Å². The zero-order valence-corrected chi connectivity index (χ0v) is 16.3. The Morgan fingerprint density at radius 1 is 1.17 bits per heavy atom. The fraction of sp³-hybridized carbons (Fsp3) is 0.227. The molecule has 0 bridgehead atoms. The number of hydrogen-bond acceptors (Lipinski definition) is 5. The normalized spacial score (nSPS) is 12.4. The molecule has 1 N–H and O–H groups in total. The number of aromatic nitrogens is 2. The summed E-state index contributed by atoms with van der Waals surface area (Å²) in [5.74, 6) is -0.303. The van der Waals surface area contributed by atoms with Crippen molar-refractivity contribution in [2.75, 3.05) is 11.9 Å². The van der Waals surface area contributed by atoms with Crippen LogP contribution >= 0.6 is 0 Å². The molecule has 0 saturated carbocycles. The highest BCUT2D eigenvalue weighted by Crippen LogP contribution is 2.34. The van der Waals surface area contributed by atoms with Crippen LogP contribution in [0.15, 0.2) is 46.9 Å². The lowest BCUT2D eigenvalue weighted by Gasteiger charge is -2.26. The van der Waals surface area contributed by atoms with E-state index in [9.17, 15) is 14.3 Å². The lowest BCUT2D eigenvalue weighted by molar-refractivity contribution is 0.0697. The SMILES string of the molecule is CCC(C)N(C)c1nc2cc(C(=O)O)ccc2nc1-c1cc2cc(F)ccc2o1. The van der Waals surface area contributed by atoms with Crippen molar-refractivity contribution in [3.05, 3.63) is 53.8 Å². The number of carboxylic acid groups (broad SMARTS) is 1. The van der Waals surface area contributed by atoms with Gasteiger partial charge in [0.15, 0.2) is 11.6 Å². The highest BCUT2D eigenvalue weighted by atomic mass is 19.1. The zero-order chi connectivity index (χ0) is 20.7. The molecule has 7 heteroatoms. The summed E-state index contributed by atoms with van der Waals surface area (Å²) >= 11 is 0. The molecule has 0 radical (unpaired) electrons. The van der Waals surface area contributed by atoms with Gasteiger partial charge in [-0.3, -0.25) is 0 Å². The summed E-state index contributed by atoms with van der Waals surface area (Å²) in [6, 6.07) is 10.9. The molecule has 29 heavy (non-hydrogen) atoms. The number of carbonyl (C=O) groups is 1. The Bertz CT molecular complexity index is 1230. The van der Waals surface area contributed by atoms with Gasteiger partial charge in [0.2, 0.25) is 0 Å². The number of rotatable bonds is 5. The number of fused-ring (bicyclic) bond motifs is 2. The number of hydrogen-bond donors (Lipinski definition) is 1. The van der Waals surface area contributed by atoms with Crippen LogP contribution in [0.4, 0.5) is 10.2 Å². The molecular weight excluding hydrogens is 373 g/mol. The van der Waals surface area contributed by atoms with E-state index >= 15 is 0 Å². The van der Waals surface area contributed by atoms with Crippen molar-refractivity contribution in [3.63, 3.8) is 0 Å². The third-order valence-electron chi connectivity index (χ3n) is 5.19. The third-order valence-corrected chi connectivity index (χ3v) is 5.19. The van der Waals surface area contributed by atoms with Crippen LogP contribution in [0.5, 0.6) is 0 Å². The smallest absolute Gasteiger partial charge is 0.335 e. The van der Waals surface area contributed by atoms with E-state index in [0.717, 1.165) is 6.42 Å². The summed E-state index contributed by atoms with van der Waals surface area (Å²) < 4.78 is 19.5. The van der Waals surface area contributed by atoms with Gasteiger partial charge in [0.1, 0.15) is 17.1 Å². The Kier molecular flexibility index (Phi) is 4.66. The van der Waals surface area contributed by atoms with Crippen LogP contribution < -0.4 is 4.90 Å². The fourth-order valence-corrected chi connectivity index (χ4v) is 3.20. The van der Waals surface area contributed by atoms with Gasteiger partial charge >= 0.3 is 5.97 Å². The molecule has 2 heterocycles. The lowest BCUT2D eigenvalue weighted by Crippen LogP contribution is -2.29. The fourth-order valence-electron chi connectivity index (χ4n) is 3.20. The monoisotopic (exact) mass is 393 g/mol. The van der Waals surface area contributed by atoms with Gasteiger partial charge < -0.3 is 14.4 Å². The molecule has 0 fully saturated rings. The van der Waals surface area contributed by atoms with E-state index in [0.29, 0.717) is 39.3 Å². The van der Waals surface area contributed by atoms with Gasteiger partial charge in [-0.15, -0.1) is 0 Å². The number of aromatic carboxylic acids is 1. The van der Waals surface area contributed by atoms with Gasteiger partial charge in [-0.05, 0) is 55.8 Å². The second kappa shape index (κ2) is 7.16. The number of anilines is 1. The predicted molar refractivity (Wildman–Crippen MR) is 110 cm³/mol. The predicted octanol–water partition coefficient (Wildman–Crippen LogP) is 5.12. The van der Waals surface area contributed by atoms with Crippen molar-refractivity contribution in [2.24, 2.45) is 0 Å². The molecule has 0 aliphatic carbocycles. The molecule has 0 aliphatic heterocycles. The van der Waals surface area contributed by atoms with Crippen molar-refractivity contribution in [1.29, 1.82) is 0 Å². The van der Waals surface area contributed by atoms with Crippen LogP contribution in [0.25, 0.3) is 33.5 Å². The Morgan fingerprint density at radius 3 is 2.69 bits per heavy atom. The van der Waals surface area contributed by atoms with Gasteiger partial charge in [0.25, 0.3) is 0 Å². The van der Waals surface area contributed by atoms with E-state index in [4.69, 9.17) is 14.4 Å². The first-order chi connectivity index (χ1) is 13.9. The maximum atomic E-state index is 13.6. The third kappa shape index (κ3) is 3.40. The molecule has 0 amide bonds. The first-order valence-electron chi connectivity index (χ1n) is 9.34. The number of furan rings is 1. The average molecular weight is 393 g/mol. The molecule has 2 aromatic heterocycles. The van der Waals surface area contributed by atoms with Crippen LogP contribution in [0.3, 0.4) is 0 Å². The van der Waals surface area contributed by atoms with Gasteiger partial charge in [0.05, 0.1) is 16.6 Å². The maximum Gasteiger partial charge on any atom is 0.335 e. The van der Waals surface area contributed by atoms with Crippen molar-refractivity contribution in [2.45, 2.75) is 26.3 Å². The topological polar surface area (TPSA) is 79.5 Å². The highest BCUT2D eigenvalue weighted by Gasteiger charge is 2.21. The minimum atomic E-state index is -1.02. The van der Waals surface area contributed by atoms with Crippen LogP contribution in [-0.2, 0) is 0 Å². The Morgan fingerprint density at radius 2 is 1.97 bits per heavy atom. The molecule has 148 valence electrons. The molecule has 4 rings (SSSR count). The highest BCUT2D eigenvalue weighted by molar-refractivity contribution is 5.93. The summed E-state index contributed by atoms with van der Waals surface area (Å²) in [6.07, 6.45) is 0.885. The molecular formula is C22H20FN3O3. The van der Waals surface area contributed by atoms with E-state index in [-0.39, 0.29) is 17.4 Å². The van der Waals surface area contributed by atoms with E-state index < -0.39 is 5.97 Å². The largest absolute Gasteiger partial charge is 0.478 e. The number of halogens is 1.